The van der Waals surface area contributed by atoms with Crippen molar-refractivity contribution in [3.63, 3.8) is 0 Å². The number of furan rings is 1. The van der Waals surface area contributed by atoms with Gasteiger partial charge in [-0.15, -0.1) is 0 Å². The molecular formula is C21H22ClN3O5. The summed E-state index contributed by atoms with van der Waals surface area (Å²) in [5, 5.41) is 14.1. The van der Waals surface area contributed by atoms with Gasteiger partial charge < -0.3 is 19.7 Å². The molecule has 0 unspecified atom stereocenters. The van der Waals surface area contributed by atoms with Crippen molar-refractivity contribution < 1.29 is 23.9 Å². The summed E-state index contributed by atoms with van der Waals surface area (Å²) in [5.41, 5.74) is -0.246. The third-order valence-electron chi connectivity index (χ3n) is 5.70. The van der Waals surface area contributed by atoms with Crippen LogP contribution in [0.5, 0.6) is 0 Å². The minimum absolute atomic E-state index is 0.0280. The summed E-state index contributed by atoms with van der Waals surface area (Å²) in [6.07, 6.45) is 2.13. The van der Waals surface area contributed by atoms with Gasteiger partial charge in [0.25, 0.3) is 5.91 Å². The lowest BCUT2D eigenvalue weighted by Crippen LogP contribution is -2.47. The monoisotopic (exact) mass is 431 g/mol. The molecule has 1 aromatic heterocycles. The summed E-state index contributed by atoms with van der Waals surface area (Å²) >= 11 is 5.91. The number of amides is 4. The van der Waals surface area contributed by atoms with Gasteiger partial charge in [-0.2, -0.15) is 0 Å². The van der Waals surface area contributed by atoms with Gasteiger partial charge in [-0.1, -0.05) is 23.7 Å². The van der Waals surface area contributed by atoms with Crippen molar-refractivity contribution in [3.05, 3.63) is 59.0 Å². The van der Waals surface area contributed by atoms with Crippen molar-refractivity contribution >= 4 is 29.4 Å². The molecule has 3 heterocycles. The first kappa shape index (κ1) is 20.4. The second-order valence-electron chi connectivity index (χ2n) is 7.63. The number of aliphatic hydroxyl groups is 1. The standard InChI is InChI=1S/C21H22ClN3O5/c22-15-5-3-14(4-6-15)21(29)7-9-24(10-8-21)18(26)12-17-19(27)25(20(28)23-17)13-16-2-1-11-30-16/h1-6,11,17,29H,7-10,12-13H2,(H,23,28)/t17-/m1/s1. The lowest BCUT2D eigenvalue weighted by Gasteiger charge is -2.38. The number of imide groups is 1. The molecule has 2 aliphatic heterocycles. The molecule has 1 atom stereocenters. The fourth-order valence-electron chi connectivity index (χ4n) is 3.90. The largest absolute Gasteiger partial charge is 0.467 e. The maximum absolute atomic E-state index is 12.7. The number of urea groups is 1. The van der Waals surface area contributed by atoms with E-state index in [-0.39, 0.29) is 18.9 Å². The van der Waals surface area contributed by atoms with Crippen molar-refractivity contribution in [1.29, 1.82) is 0 Å². The molecule has 1 aromatic carbocycles. The van der Waals surface area contributed by atoms with E-state index in [0.717, 1.165) is 10.5 Å². The first-order chi connectivity index (χ1) is 14.4. The molecule has 8 nitrogen and oxygen atoms in total. The molecule has 9 heteroatoms. The normalized spacial score (nSPS) is 21.1. The highest BCUT2D eigenvalue weighted by atomic mass is 35.5. The van der Waals surface area contributed by atoms with Gasteiger partial charge >= 0.3 is 6.03 Å². The number of hydrogen-bond donors (Lipinski definition) is 2. The zero-order valence-corrected chi connectivity index (χ0v) is 17.0. The van der Waals surface area contributed by atoms with Crippen molar-refractivity contribution in [3.8, 4) is 0 Å². The number of nitrogens with one attached hydrogen (secondary N) is 1. The van der Waals surface area contributed by atoms with Gasteiger partial charge in [0.2, 0.25) is 5.91 Å². The molecule has 0 bridgehead atoms. The van der Waals surface area contributed by atoms with E-state index in [9.17, 15) is 19.5 Å². The predicted octanol–water partition coefficient (Wildman–Crippen LogP) is 2.25. The van der Waals surface area contributed by atoms with Crippen LogP contribution in [0.15, 0.2) is 47.1 Å². The Kier molecular flexibility index (Phi) is 5.53. The number of likely N-dealkylation sites (tertiary alicyclic amines) is 1. The van der Waals surface area contributed by atoms with Crippen LogP contribution in [0.3, 0.4) is 0 Å². The van der Waals surface area contributed by atoms with E-state index in [0.29, 0.717) is 36.7 Å². The quantitative estimate of drug-likeness (QED) is 0.707. The van der Waals surface area contributed by atoms with Crippen molar-refractivity contribution in [1.82, 2.24) is 15.1 Å². The first-order valence-electron chi connectivity index (χ1n) is 9.76. The maximum Gasteiger partial charge on any atom is 0.325 e. The smallest absolute Gasteiger partial charge is 0.325 e. The van der Waals surface area contributed by atoms with Crippen LogP contribution in [0, 0.1) is 0 Å². The Morgan fingerprint density at radius 2 is 1.90 bits per heavy atom. The summed E-state index contributed by atoms with van der Waals surface area (Å²) in [4.78, 5) is 40.1. The van der Waals surface area contributed by atoms with Crippen LogP contribution < -0.4 is 5.32 Å². The van der Waals surface area contributed by atoms with Crippen LogP contribution in [-0.4, -0.2) is 51.9 Å². The lowest BCUT2D eigenvalue weighted by atomic mass is 9.84. The topological polar surface area (TPSA) is 103 Å². The predicted molar refractivity (Wildman–Crippen MR) is 107 cm³/mol. The Bertz CT molecular complexity index is 936. The number of carbonyl (C=O) groups excluding carboxylic acids is 3. The van der Waals surface area contributed by atoms with Gasteiger partial charge in [0.1, 0.15) is 11.8 Å². The molecule has 2 saturated heterocycles. The van der Waals surface area contributed by atoms with Crippen LogP contribution in [0.4, 0.5) is 4.79 Å². The Balaban J connectivity index is 1.33. The molecule has 0 spiro atoms. The highest BCUT2D eigenvalue weighted by Crippen LogP contribution is 2.33. The van der Waals surface area contributed by atoms with Gasteiger partial charge in [-0.3, -0.25) is 14.5 Å². The van der Waals surface area contributed by atoms with Gasteiger partial charge in [0, 0.05) is 18.1 Å². The number of carbonyl (C=O) groups is 3. The second kappa shape index (κ2) is 8.12. The number of halogens is 1. The van der Waals surface area contributed by atoms with Gasteiger partial charge in [-0.25, -0.2) is 4.79 Å². The summed E-state index contributed by atoms with van der Waals surface area (Å²) in [5.74, 6) is -0.186. The first-order valence-corrected chi connectivity index (χ1v) is 10.1. The average molecular weight is 432 g/mol. The van der Waals surface area contributed by atoms with Crippen LogP contribution in [0.2, 0.25) is 5.02 Å². The summed E-state index contributed by atoms with van der Waals surface area (Å²) in [6.45, 7) is 0.756. The van der Waals surface area contributed by atoms with Crippen molar-refractivity contribution in [2.24, 2.45) is 0 Å². The minimum atomic E-state index is -1.02. The zero-order valence-electron chi connectivity index (χ0n) is 16.2. The summed E-state index contributed by atoms with van der Waals surface area (Å²) in [7, 11) is 0. The number of piperidine rings is 1. The van der Waals surface area contributed by atoms with Gasteiger partial charge in [0.15, 0.2) is 0 Å². The molecular weight excluding hydrogens is 410 g/mol. The van der Waals surface area contributed by atoms with E-state index in [1.807, 2.05) is 0 Å². The maximum atomic E-state index is 12.7. The van der Waals surface area contributed by atoms with Crippen molar-refractivity contribution in [2.45, 2.75) is 37.5 Å². The van der Waals surface area contributed by atoms with Crippen molar-refractivity contribution in [2.75, 3.05) is 13.1 Å². The number of hydrogen-bond acceptors (Lipinski definition) is 5. The zero-order chi connectivity index (χ0) is 21.3. The molecule has 4 rings (SSSR count). The van der Waals surface area contributed by atoms with Crippen LogP contribution >= 0.6 is 11.6 Å². The molecule has 158 valence electrons. The number of rotatable bonds is 5. The van der Waals surface area contributed by atoms with Crippen LogP contribution in [0.1, 0.15) is 30.6 Å². The summed E-state index contributed by atoms with van der Waals surface area (Å²) in [6, 6.07) is 8.97. The number of nitrogens with zero attached hydrogens (tertiary/aromatic N) is 2. The Morgan fingerprint density at radius 3 is 2.53 bits per heavy atom. The van der Waals surface area contributed by atoms with Crippen LogP contribution in [-0.2, 0) is 21.7 Å². The molecule has 2 aromatic rings. The minimum Gasteiger partial charge on any atom is -0.467 e. The summed E-state index contributed by atoms with van der Waals surface area (Å²) < 4.78 is 5.19. The fraction of sp³-hybridized carbons (Fsp3) is 0.381. The molecule has 2 N–H and O–H groups in total. The molecule has 0 aliphatic carbocycles. The Morgan fingerprint density at radius 1 is 1.20 bits per heavy atom. The SMILES string of the molecule is O=C(C[C@H]1NC(=O)N(Cc2ccco2)C1=O)N1CCC(O)(c2ccc(Cl)cc2)CC1. The lowest BCUT2D eigenvalue weighted by molar-refractivity contribution is -0.139. The Labute approximate surface area is 178 Å². The molecule has 4 amide bonds. The van der Waals surface area contributed by atoms with E-state index in [2.05, 4.69) is 5.32 Å². The third kappa shape index (κ3) is 4.06. The molecule has 30 heavy (non-hydrogen) atoms. The van der Waals surface area contributed by atoms with Crippen LogP contribution in [0.25, 0.3) is 0 Å². The molecule has 2 fully saturated rings. The van der Waals surface area contributed by atoms with E-state index in [4.69, 9.17) is 16.0 Å². The number of benzene rings is 1. The highest BCUT2D eigenvalue weighted by Gasteiger charge is 2.41. The molecule has 0 radical (unpaired) electrons. The van der Waals surface area contributed by atoms with E-state index >= 15 is 0 Å². The second-order valence-corrected chi connectivity index (χ2v) is 8.07. The van der Waals surface area contributed by atoms with E-state index in [1.165, 1.54) is 6.26 Å². The molecule has 0 saturated carbocycles. The third-order valence-corrected chi connectivity index (χ3v) is 5.96. The molecule has 2 aliphatic rings. The Hall–Kier alpha value is -2.84. The average Bonchev–Trinajstić information content (AvgIpc) is 3.33. The highest BCUT2D eigenvalue weighted by molar-refractivity contribution is 6.30. The van der Waals surface area contributed by atoms with Gasteiger partial charge in [0.05, 0.1) is 24.8 Å². The van der Waals surface area contributed by atoms with E-state index < -0.39 is 23.6 Å². The van der Waals surface area contributed by atoms with E-state index in [1.54, 1.807) is 41.3 Å². The fourth-order valence-corrected chi connectivity index (χ4v) is 4.03. The van der Waals surface area contributed by atoms with Gasteiger partial charge in [-0.05, 0) is 42.7 Å².